The van der Waals surface area contributed by atoms with Crippen LogP contribution in [0.5, 0.6) is 5.75 Å². The molecule has 0 unspecified atom stereocenters. The molecule has 1 aromatic rings. The lowest BCUT2D eigenvalue weighted by Gasteiger charge is -2.26. The molecule has 15 heavy (non-hydrogen) atoms. The molecule has 3 heteroatoms. The summed E-state index contributed by atoms with van der Waals surface area (Å²) in [6, 6.07) is 1.91. The number of hydrogen-bond acceptors (Lipinski definition) is 2. The Labute approximate surface area is 96.4 Å². The summed E-state index contributed by atoms with van der Waals surface area (Å²) in [5.74, 6) is 0.687. The first-order valence-corrected chi connectivity index (χ1v) is 5.30. The van der Waals surface area contributed by atoms with Crippen molar-refractivity contribution in [1.29, 1.82) is 0 Å². The summed E-state index contributed by atoms with van der Waals surface area (Å²) in [7, 11) is 1.62. The Morgan fingerprint density at radius 2 is 1.87 bits per heavy atom. The van der Waals surface area contributed by atoms with Crippen LogP contribution in [0.1, 0.15) is 30.5 Å². The van der Waals surface area contributed by atoms with Gasteiger partial charge in [0.15, 0.2) is 0 Å². The standard InChI is InChI=1S/C12H18ClNO/c1-7-6-9(13)11(15-5)10(8(7)2)12(3,4)14/h6H,14H2,1-5H3. The van der Waals surface area contributed by atoms with Gasteiger partial charge in [-0.3, -0.25) is 0 Å². The fourth-order valence-electron chi connectivity index (χ4n) is 1.83. The lowest BCUT2D eigenvalue weighted by molar-refractivity contribution is 0.393. The maximum atomic E-state index is 6.13. The molecule has 0 fully saturated rings. The minimum atomic E-state index is -0.453. The van der Waals surface area contributed by atoms with Crippen molar-refractivity contribution in [2.75, 3.05) is 7.11 Å². The molecule has 1 rings (SSSR count). The zero-order valence-corrected chi connectivity index (χ0v) is 10.7. The van der Waals surface area contributed by atoms with Crippen LogP contribution in [0.4, 0.5) is 0 Å². The van der Waals surface area contributed by atoms with Gasteiger partial charge in [0.25, 0.3) is 0 Å². The maximum absolute atomic E-state index is 6.13. The summed E-state index contributed by atoms with van der Waals surface area (Å²) in [5.41, 5.74) is 8.94. The van der Waals surface area contributed by atoms with E-state index in [0.29, 0.717) is 10.8 Å². The van der Waals surface area contributed by atoms with Crippen molar-refractivity contribution in [2.45, 2.75) is 33.2 Å². The number of methoxy groups -OCH3 is 1. The van der Waals surface area contributed by atoms with E-state index < -0.39 is 5.54 Å². The van der Waals surface area contributed by atoms with Gasteiger partial charge in [0, 0.05) is 11.1 Å². The van der Waals surface area contributed by atoms with E-state index in [1.807, 2.05) is 33.8 Å². The third-order valence-corrected chi connectivity index (χ3v) is 2.88. The summed E-state index contributed by atoms with van der Waals surface area (Å²) in [6.07, 6.45) is 0. The zero-order valence-electron chi connectivity index (χ0n) is 9.94. The molecule has 2 N–H and O–H groups in total. The zero-order chi connectivity index (χ0) is 11.8. The summed E-state index contributed by atoms with van der Waals surface area (Å²) in [5, 5.41) is 0.620. The number of hydrogen-bond donors (Lipinski definition) is 1. The maximum Gasteiger partial charge on any atom is 0.142 e. The molecule has 0 saturated carbocycles. The highest BCUT2D eigenvalue weighted by Crippen LogP contribution is 2.38. The minimum absolute atomic E-state index is 0.453. The van der Waals surface area contributed by atoms with Gasteiger partial charge in [-0.2, -0.15) is 0 Å². The number of halogens is 1. The van der Waals surface area contributed by atoms with Crippen molar-refractivity contribution >= 4 is 11.6 Å². The van der Waals surface area contributed by atoms with Crippen LogP contribution < -0.4 is 10.5 Å². The monoisotopic (exact) mass is 227 g/mol. The van der Waals surface area contributed by atoms with E-state index in [1.54, 1.807) is 7.11 Å². The predicted octanol–water partition coefficient (Wildman–Crippen LogP) is 3.16. The number of rotatable bonds is 2. The molecule has 2 nitrogen and oxygen atoms in total. The van der Waals surface area contributed by atoms with Crippen LogP contribution in [0, 0.1) is 13.8 Å². The molecule has 0 heterocycles. The fraction of sp³-hybridized carbons (Fsp3) is 0.500. The van der Waals surface area contributed by atoms with Crippen LogP contribution >= 0.6 is 11.6 Å². The second kappa shape index (κ2) is 4.03. The van der Waals surface area contributed by atoms with E-state index in [-0.39, 0.29) is 0 Å². The largest absolute Gasteiger partial charge is 0.495 e. The molecule has 0 aliphatic rings. The van der Waals surface area contributed by atoms with Crippen molar-refractivity contribution in [3.05, 3.63) is 27.8 Å². The molecule has 0 atom stereocenters. The number of aryl methyl sites for hydroxylation is 1. The summed E-state index contributed by atoms with van der Waals surface area (Å²) in [4.78, 5) is 0. The molecule has 0 radical (unpaired) electrons. The molecule has 0 bridgehead atoms. The van der Waals surface area contributed by atoms with Crippen LogP contribution in [-0.2, 0) is 5.54 Å². The van der Waals surface area contributed by atoms with Gasteiger partial charge in [0.05, 0.1) is 12.1 Å². The van der Waals surface area contributed by atoms with Crippen LogP contribution in [-0.4, -0.2) is 7.11 Å². The lowest BCUT2D eigenvalue weighted by Crippen LogP contribution is -2.30. The predicted molar refractivity (Wildman–Crippen MR) is 64.7 cm³/mol. The van der Waals surface area contributed by atoms with Crippen LogP contribution in [0.3, 0.4) is 0 Å². The highest BCUT2D eigenvalue weighted by molar-refractivity contribution is 6.32. The Bertz CT molecular complexity index is 380. The first-order chi connectivity index (χ1) is 6.79. The van der Waals surface area contributed by atoms with E-state index in [0.717, 1.165) is 16.7 Å². The van der Waals surface area contributed by atoms with Crippen LogP contribution in [0.25, 0.3) is 0 Å². The summed E-state index contributed by atoms with van der Waals surface area (Å²) >= 11 is 6.13. The smallest absolute Gasteiger partial charge is 0.142 e. The first-order valence-electron chi connectivity index (χ1n) is 4.92. The molecular weight excluding hydrogens is 210 g/mol. The third kappa shape index (κ3) is 2.27. The molecule has 1 aromatic carbocycles. The Balaban J connectivity index is 3.59. The summed E-state index contributed by atoms with van der Waals surface area (Å²) < 4.78 is 5.33. The molecule has 84 valence electrons. The molecule has 0 aliphatic heterocycles. The van der Waals surface area contributed by atoms with Gasteiger partial charge in [-0.15, -0.1) is 0 Å². The highest BCUT2D eigenvalue weighted by atomic mass is 35.5. The van der Waals surface area contributed by atoms with Crippen molar-refractivity contribution in [2.24, 2.45) is 5.73 Å². The Hall–Kier alpha value is -0.730. The Kier molecular flexibility index (Phi) is 3.31. The molecule has 0 spiro atoms. The first kappa shape index (κ1) is 12.3. The normalized spacial score (nSPS) is 11.7. The topological polar surface area (TPSA) is 35.2 Å². The van der Waals surface area contributed by atoms with Gasteiger partial charge >= 0.3 is 0 Å². The second-order valence-electron chi connectivity index (χ2n) is 4.43. The summed E-state index contributed by atoms with van der Waals surface area (Å²) in [6.45, 7) is 7.97. The van der Waals surface area contributed by atoms with E-state index in [4.69, 9.17) is 22.1 Å². The molecule has 0 aliphatic carbocycles. The van der Waals surface area contributed by atoms with Gasteiger partial charge in [-0.05, 0) is 44.9 Å². The second-order valence-corrected chi connectivity index (χ2v) is 4.84. The van der Waals surface area contributed by atoms with Crippen molar-refractivity contribution in [3.8, 4) is 5.75 Å². The van der Waals surface area contributed by atoms with E-state index in [9.17, 15) is 0 Å². The quantitative estimate of drug-likeness (QED) is 0.843. The van der Waals surface area contributed by atoms with Gasteiger partial charge < -0.3 is 10.5 Å². The van der Waals surface area contributed by atoms with Gasteiger partial charge in [0.1, 0.15) is 5.75 Å². The van der Waals surface area contributed by atoms with Crippen LogP contribution in [0.2, 0.25) is 5.02 Å². The van der Waals surface area contributed by atoms with Gasteiger partial charge in [-0.25, -0.2) is 0 Å². The van der Waals surface area contributed by atoms with Crippen LogP contribution in [0.15, 0.2) is 6.07 Å². The van der Waals surface area contributed by atoms with E-state index >= 15 is 0 Å². The number of nitrogens with two attached hydrogens (primary N) is 1. The third-order valence-electron chi connectivity index (χ3n) is 2.60. The van der Waals surface area contributed by atoms with Crippen molar-refractivity contribution in [3.63, 3.8) is 0 Å². The SMILES string of the molecule is COc1c(Cl)cc(C)c(C)c1C(C)(C)N. The lowest BCUT2D eigenvalue weighted by atomic mass is 9.88. The minimum Gasteiger partial charge on any atom is -0.495 e. The Morgan fingerprint density at radius 3 is 2.27 bits per heavy atom. The van der Waals surface area contributed by atoms with Crippen molar-refractivity contribution in [1.82, 2.24) is 0 Å². The molecule has 0 aromatic heterocycles. The molecular formula is C12H18ClNO. The molecule has 0 amide bonds. The molecule has 0 saturated heterocycles. The van der Waals surface area contributed by atoms with Crippen molar-refractivity contribution < 1.29 is 4.74 Å². The average Bonchev–Trinajstić information content (AvgIpc) is 2.08. The number of ether oxygens (including phenoxy) is 1. The van der Waals surface area contributed by atoms with Gasteiger partial charge in [-0.1, -0.05) is 11.6 Å². The Morgan fingerprint density at radius 1 is 1.33 bits per heavy atom. The van der Waals surface area contributed by atoms with Gasteiger partial charge in [0.2, 0.25) is 0 Å². The fourth-order valence-corrected chi connectivity index (χ4v) is 2.16. The van der Waals surface area contributed by atoms with E-state index in [2.05, 4.69) is 0 Å². The highest BCUT2D eigenvalue weighted by Gasteiger charge is 2.24. The average molecular weight is 228 g/mol. The van der Waals surface area contributed by atoms with E-state index in [1.165, 1.54) is 0 Å². The number of benzene rings is 1.